The monoisotopic (exact) mass is 900 g/mol. The highest BCUT2D eigenvalue weighted by atomic mass is 16.8. The summed E-state index contributed by atoms with van der Waals surface area (Å²) in [5, 5.41) is 85.4. The molecular formula is C44H68O19. The molecular weight excluding hydrogens is 832 g/mol. The number of hydrogen-bond acceptors (Lipinski definition) is 19. The van der Waals surface area contributed by atoms with E-state index in [2.05, 4.69) is 13.8 Å². The number of carbonyl (C=O) groups is 2. The first-order valence-corrected chi connectivity index (χ1v) is 22.7. The van der Waals surface area contributed by atoms with Gasteiger partial charge in [0.2, 0.25) is 0 Å². The molecule has 3 saturated heterocycles. The molecule has 4 aliphatic carbocycles. The Labute approximate surface area is 366 Å². The molecule has 0 aromatic rings. The molecule has 4 aliphatic heterocycles. The summed E-state index contributed by atoms with van der Waals surface area (Å²) in [5.74, 6) is -0.528. The number of cyclic esters (lactones) is 1. The summed E-state index contributed by atoms with van der Waals surface area (Å²) >= 11 is 0. The second kappa shape index (κ2) is 18.3. The third kappa shape index (κ3) is 8.43. The van der Waals surface area contributed by atoms with E-state index in [0.717, 1.165) is 50.5 Å². The molecule has 63 heavy (non-hydrogen) atoms. The Morgan fingerprint density at radius 2 is 1.52 bits per heavy atom. The van der Waals surface area contributed by atoms with Gasteiger partial charge in [0.1, 0.15) is 67.6 Å². The van der Waals surface area contributed by atoms with Crippen molar-refractivity contribution in [3.63, 3.8) is 0 Å². The maximum absolute atomic E-state index is 12.9. The second-order valence-electron chi connectivity index (χ2n) is 20.0. The van der Waals surface area contributed by atoms with Gasteiger partial charge in [0.05, 0.1) is 37.1 Å². The van der Waals surface area contributed by atoms with E-state index in [9.17, 15) is 50.4 Å². The van der Waals surface area contributed by atoms with Crippen LogP contribution in [0.5, 0.6) is 0 Å². The van der Waals surface area contributed by atoms with Crippen molar-refractivity contribution in [3.05, 3.63) is 11.6 Å². The number of rotatable bonds is 11. The van der Waals surface area contributed by atoms with Crippen LogP contribution in [0.2, 0.25) is 0 Å². The lowest BCUT2D eigenvalue weighted by atomic mass is 9.43. The molecule has 0 bridgehead atoms. The SMILES string of the molecule is CO[C@H]1C[C@@H](O[C@H]2CC[C@]3(C)[C@@H](CC[C@H]4[C@H]3CC[C@@]3(C)[C@H](C5=CC(=O)OC5)[C@H](OC(C)=O)C[C@]43O)C2)O[C@H](C)[C@@H]1O[C@H]1O[C@@H](CO[C@@H]2O[C@H](CO)[C@H](O)[C@@H](O)[C@@H]2O)[C@H](O)[C@@H](O)[C@@H]1O. The van der Waals surface area contributed by atoms with Crippen molar-refractivity contribution in [2.75, 3.05) is 26.9 Å². The van der Waals surface area contributed by atoms with Crippen molar-refractivity contribution < 1.29 is 93.1 Å². The highest BCUT2D eigenvalue weighted by molar-refractivity contribution is 5.85. The number of hydrogen-bond donors (Lipinski definition) is 8. The molecule has 4 heterocycles. The first-order chi connectivity index (χ1) is 29.8. The standard InChI is InChI=1S/C44H68O19/c1-19-39(63-41-38(53)36(51)34(49)29(62-41)18-57-40-37(52)35(50)33(48)28(16-45)61-40)26(55-5)14-31(58-19)60-23-8-10-42(3)22(13-23)6-7-25-24(42)9-11-43(4)32(21-12-30(47)56-17-21)27(59-20(2)46)15-44(25,43)54/h12,19,22-29,31-41,45,48-54H,6-11,13-18H2,1-5H3/t19-,22+,23+,24-,25+,26+,27-,28-,29+,31-,32-,33+,34+,35-,36-,37+,38+,39+,40-,41-,42-,43+,44+/m1/s1. The predicted octanol–water partition coefficient (Wildman–Crippen LogP) is -0.671. The van der Waals surface area contributed by atoms with Crippen LogP contribution in [0.3, 0.4) is 0 Å². The topological polar surface area (TPSA) is 279 Å². The van der Waals surface area contributed by atoms with E-state index in [-0.39, 0.29) is 42.3 Å². The number of ether oxygens (including phenoxy) is 9. The Morgan fingerprint density at radius 1 is 0.825 bits per heavy atom. The Morgan fingerprint density at radius 3 is 2.19 bits per heavy atom. The smallest absolute Gasteiger partial charge is 0.331 e. The predicted molar refractivity (Wildman–Crippen MR) is 213 cm³/mol. The van der Waals surface area contributed by atoms with E-state index in [0.29, 0.717) is 12.3 Å². The van der Waals surface area contributed by atoms with Crippen molar-refractivity contribution in [2.45, 2.75) is 189 Å². The van der Waals surface area contributed by atoms with Gasteiger partial charge in [-0.15, -0.1) is 0 Å². The molecule has 0 unspecified atom stereocenters. The van der Waals surface area contributed by atoms with Gasteiger partial charge < -0.3 is 83.5 Å². The summed E-state index contributed by atoms with van der Waals surface area (Å²) < 4.78 is 53.1. The fourth-order valence-electron chi connectivity index (χ4n) is 13.3. The van der Waals surface area contributed by atoms with Gasteiger partial charge in [-0.1, -0.05) is 13.8 Å². The number of aliphatic hydroxyl groups is 8. The molecule has 0 aromatic carbocycles. The van der Waals surface area contributed by atoms with Crippen molar-refractivity contribution >= 4 is 11.9 Å². The lowest BCUT2D eigenvalue weighted by molar-refractivity contribution is -0.355. The normalized spacial score (nSPS) is 52.3. The molecule has 8 N–H and O–H groups in total. The first-order valence-electron chi connectivity index (χ1n) is 22.7. The zero-order valence-corrected chi connectivity index (χ0v) is 36.7. The summed E-state index contributed by atoms with van der Waals surface area (Å²) in [4.78, 5) is 24.5. The van der Waals surface area contributed by atoms with Gasteiger partial charge in [0.15, 0.2) is 18.9 Å². The van der Waals surface area contributed by atoms with Gasteiger partial charge >= 0.3 is 11.9 Å². The van der Waals surface area contributed by atoms with Crippen LogP contribution in [0.4, 0.5) is 0 Å². The largest absolute Gasteiger partial charge is 0.462 e. The van der Waals surface area contributed by atoms with Gasteiger partial charge in [0.25, 0.3) is 0 Å². The molecule has 0 radical (unpaired) electrons. The van der Waals surface area contributed by atoms with Crippen molar-refractivity contribution in [3.8, 4) is 0 Å². The maximum atomic E-state index is 12.9. The highest BCUT2D eigenvalue weighted by Gasteiger charge is 2.71. The Bertz CT molecular complexity index is 1680. The molecule has 23 atom stereocenters. The third-order valence-corrected chi connectivity index (χ3v) is 16.7. The minimum Gasteiger partial charge on any atom is -0.462 e. The van der Waals surface area contributed by atoms with E-state index in [1.807, 2.05) is 0 Å². The van der Waals surface area contributed by atoms with Gasteiger partial charge in [-0.3, -0.25) is 4.79 Å². The Hall–Kier alpha value is -1.92. The van der Waals surface area contributed by atoms with Crippen molar-refractivity contribution in [1.29, 1.82) is 0 Å². The lowest BCUT2D eigenvalue weighted by Gasteiger charge is -2.63. The summed E-state index contributed by atoms with van der Waals surface area (Å²) in [7, 11) is 1.52. The molecule has 0 spiro atoms. The molecule has 19 nitrogen and oxygen atoms in total. The van der Waals surface area contributed by atoms with E-state index in [1.54, 1.807) is 6.92 Å². The summed E-state index contributed by atoms with van der Waals surface area (Å²) in [6.45, 7) is 6.62. The molecule has 0 amide bonds. The van der Waals surface area contributed by atoms with Crippen molar-refractivity contribution in [2.24, 2.45) is 34.5 Å². The average Bonchev–Trinajstić information content (AvgIpc) is 3.76. The Kier molecular flexibility index (Phi) is 13.8. The molecule has 7 fully saturated rings. The number of aliphatic hydroxyl groups excluding tert-OH is 7. The zero-order valence-electron chi connectivity index (χ0n) is 36.7. The maximum Gasteiger partial charge on any atom is 0.331 e. The van der Waals surface area contributed by atoms with Gasteiger partial charge in [-0.05, 0) is 80.6 Å². The van der Waals surface area contributed by atoms with Crippen LogP contribution in [-0.4, -0.2) is 184 Å². The third-order valence-electron chi connectivity index (χ3n) is 16.7. The zero-order chi connectivity index (χ0) is 45.3. The average molecular weight is 901 g/mol. The van der Waals surface area contributed by atoms with E-state index in [1.165, 1.54) is 20.1 Å². The number of methoxy groups -OCH3 is 1. The van der Waals surface area contributed by atoms with Crippen LogP contribution in [0.25, 0.3) is 0 Å². The van der Waals surface area contributed by atoms with Crippen LogP contribution < -0.4 is 0 Å². The lowest BCUT2D eigenvalue weighted by Crippen LogP contribution is -2.63. The van der Waals surface area contributed by atoms with Crippen LogP contribution in [0.15, 0.2) is 11.6 Å². The van der Waals surface area contributed by atoms with Gasteiger partial charge in [-0.2, -0.15) is 0 Å². The molecule has 8 rings (SSSR count). The molecule has 0 aromatic heterocycles. The summed E-state index contributed by atoms with van der Waals surface area (Å²) in [6.07, 6.45) is -10.8. The fraction of sp³-hybridized carbons (Fsp3) is 0.909. The molecule has 4 saturated carbocycles. The van der Waals surface area contributed by atoms with Crippen LogP contribution in [0.1, 0.15) is 85.5 Å². The minimum absolute atomic E-state index is 0.000125. The van der Waals surface area contributed by atoms with Crippen LogP contribution in [0, 0.1) is 34.5 Å². The number of fused-ring (bicyclic) bond motifs is 5. The quantitative estimate of drug-likeness (QED) is 0.0943. The summed E-state index contributed by atoms with van der Waals surface area (Å²) in [5.41, 5.74) is -0.944. The van der Waals surface area contributed by atoms with E-state index < -0.39 is 128 Å². The molecule has 8 aliphatic rings. The fourth-order valence-corrected chi connectivity index (χ4v) is 13.3. The molecule has 358 valence electrons. The van der Waals surface area contributed by atoms with Crippen LogP contribution >= 0.6 is 0 Å². The molecule has 19 heteroatoms. The van der Waals surface area contributed by atoms with Gasteiger partial charge in [0, 0.05) is 44.3 Å². The number of esters is 2. The highest BCUT2D eigenvalue weighted by Crippen LogP contribution is 2.70. The van der Waals surface area contributed by atoms with Crippen molar-refractivity contribution in [1.82, 2.24) is 0 Å². The first kappa shape index (κ1) is 47.6. The van der Waals surface area contributed by atoms with E-state index >= 15 is 0 Å². The minimum atomic E-state index is -1.72. The van der Waals surface area contributed by atoms with E-state index in [4.69, 9.17) is 42.6 Å². The second-order valence-corrected chi connectivity index (χ2v) is 20.0. The number of carbonyl (C=O) groups excluding carboxylic acids is 2. The summed E-state index contributed by atoms with van der Waals surface area (Å²) in [6, 6.07) is 0. The van der Waals surface area contributed by atoms with Crippen LogP contribution in [-0.2, 0) is 52.2 Å². The Balaban J connectivity index is 0.874. The van der Waals surface area contributed by atoms with Gasteiger partial charge in [-0.25, -0.2) is 4.79 Å².